The van der Waals surface area contributed by atoms with Crippen molar-refractivity contribution in [1.29, 1.82) is 0 Å². The van der Waals surface area contributed by atoms with Gasteiger partial charge in [-0.15, -0.1) is 5.10 Å². The van der Waals surface area contributed by atoms with Crippen LogP contribution in [0.1, 0.15) is 10.5 Å². The molecule has 0 bridgehead atoms. The van der Waals surface area contributed by atoms with E-state index in [0.717, 1.165) is 0 Å². The average Bonchev–Trinajstić information content (AvgIpc) is 2.65. The van der Waals surface area contributed by atoms with Crippen LogP contribution in [0.4, 0.5) is 0 Å². The minimum atomic E-state index is -0.277. The number of hydrogen-bond acceptors (Lipinski definition) is 5. The molecule has 1 aliphatic rings. The number of Topliss-reactive ketones (excluding diaryl/α,β-unsaturated/α-hetero) is 1. The lowest BCUT2D eigenvalue weighted by atomic mass is 10.1. The number of ketones is 1. The van der Waals surface area contributed by atoms with Gasteiger partial charge in [0.2, 0.25) is 5.78 Å². The molecule has 14 heavy (non-hydrogen) atoms. The summed E-state index contributed by atoms with van der Waals surface area (Å²) >= 11 is 0. The van der Waals surface area contributed by atoms with E-state index in [2.05, 4.69) is 15.6 Å². The zero-order valence-electron chi connectivity index (χ0n) is 7.93. The molecule has 0 aromatic carbocycles. The molecule has 6 heteroatoms. The number of ether oxygens (including phenoxy) is 1. The molecule has 1 atom stereocenters. The van der Waals surface area contributed by atoms with E-state index in [1.807, 2.05) is 0 Å². The van der Waals surface area contributed by atoms with Crippen LogP contribution in [0.2, 0.25) is 0 Å². The lowest BCUT2D eigenvalue weighted by molar-refractivity contribution is 0.0604. The van der Waals surface area contributed by atoms with Crippen molar-refractivity contribution in [3.8, 4) is 0 Å². The van der Waals surface area contributed by atoms with Crippen LogP contribution in [0.25, 0.3) is 0 Å². The van der Waals surface area contributed by atoms with Crippen molar-refractivity contribution in [2.24, 2.45) is 7.05 Å². The van der Waals surface area contributed by atoms with Crippen molar-refractivity contribution in [3.05, 3.63) is 11.9 Å². The quantitative estimate of drug-likeness (QED) is 0.613. The summed E-state index contributed by atoms with van der Waals surface area (Å²) in [6.07, 6.45) is 1.61. The molecule has 1 N–H and O–H groups in total. The molecule has 1 aromatic rings. The molecule has 0 aliphatic carbocycles. The second-order valence-corrected chi connectivity index (χ2v) is 3.22. The normalized spacial score (nSPS) is 22.2. The van der Waals surface area contributed by atoms with Gasteiger partial charge in [0.1, 0.15) is 5.69 Å². The van der Waals surface area contributed by atoms with Gasteiger partial charge in [-0.1, -0.05) is 5.21 Å². The molecule has 0 spiro atoms. The largest absolute Gasteiger partial charge is 0.378 e. The van der Waals surface area contributed by atoms with Crippen LogP contribution < -0.4 is 5.32 Å². The molecule has 1 aromatic heterocycles. The summed E-state index contributed by atoms with van der Waals surface area (Å²) in [4.78, 5) is 11.8. The number of aryl methyl sites for hydroxylation is 1. The summed E-state index contributed by atoms with van der Waals surface area (Å²) in [5.41, 5.74) is 0.385. The minimum absolute atomic E-state index is 0.0576. The molecule has 1 unspecified atom stereocenters. The summed E-state index contributed by atoms with van der Waals surface area (Å²) in [6.45, 7) is 1.77. The fourth-order valence-corrected chi connectivity index (χ4v) is 1.37. The van der Waals surface area contributed by atoms with Gasteiger partial charge in [-0.05, 0) is 0 Å². The Hall–Kier alpha value is -1.27. The number of hydrogen-bond donors (Lipinski definition) is 1. The molecule has 2 heterocycles. The summed E-state index contributed by atoms with van der Waals surface area (Å²) < 4.78 is 6.70. The molecule has 1 fully saturated rings. The van der Waals surface area contributed by atoms with Gasteiger partial charge in [0.15, 0.2) is 0 Å². The Morgan fingerprint density at radius 1 is 1.79 bits per heavy atom. The van der Waals surface area contributed by atoms with Gasteiger partial charge in [-0.3, -0.25) is 9.48 Å². The van der Waals surface area contributed by atoms with Gasteiger partial charge in [0.25, 0.3) is 0 Å². The zero-order valence-corrected chi connectivity index (χ0v) is 7.93. The monoisotopic (exact) mass is 196 g/mol. The topological polar surface area (TPSA) is 69.0 Å². The third-order valence-corrected chi connectivity index (χ3v) is 2.09. The number of rotatable bonds is 2. The van der Waals surface area contributed by atoms with Crippen molar-refractivity contribution >= 4 is 5.78 Å². The predicted octanol–water partition coefficient (Wildman–Crippen LogP) is -1.01. The Bertz CT molecular complexity index is 330. The Morgan fingerprint density at radius 3 is 3.21 bits per heavy atom. The number of nitrogens with one attached hydrogen (secondary N) is 1. The smallest absolute Gasteiger partial charge is 0.203 e. The van der Waals surface area contributed by atoms with Crippen LogP contribution >= 0.6 is 0 Å². The molecule has 1 aliphatic heterocycles. The van der Waals surface area contributed by atoms with E-state index in [-0.39, 0.29) is 11.8 Å². The van der Waals surface area contributed by atoms with Crippen LogP contribution in [0.5, 0.6) is 0 Å². The molecule has 0 radical (unpaired) electrons. The van der Waals surface area contributed by atoms with Crippen molar-refractivity contribution in [3.63, 3.8) is 0 Å². The Morgan fingerprint density at radius 2 is 2.64 bits per heavy atom. The Labute approximate surface area is 81.2 Å². The third-order valence-electron chi connectivity index (χ3n) is 2.09. The van der Waals surface area contributed by atoms with E-state index in [4.69, 9.17) is 4.74 Å². The maximum Gasteiger partial charge on any atom is 0.203 e. The highest BCUT2D eigenvalue weighted by Gasteiger charge is 2.24. The molecule has 1 saturated heterocycles. The van der Waals surface area contributed by atoms with Gasteiger partial charge in [0.05, 0.1) is 25.5 Å². The first kappa shape index (κ1) is 9.29. The maximum absolute atomic E-state index is 11.8. The highest BCUT2D eigenvalue weighted by Crippen LogP contribution is 2.02. The van der Waals surface area contributed by atoms with E-state index < -0.39 is 0 Å². The van der Waals surface area contributed by atoms with E-state index >= 15 is 0 Å². The van der Waals surface area contributed by atoms with Crippen molar-refractivity contribution in [2.45, 2.75) is 6.04 Å². The van der Waals surface area contributed by atoms with E-state index in [9.17, 15) is 4.79 Å². The summed E-state index contributed by atoms with van der Waals surface area (Å²) in [5.74, 6) is -0.0576. The van der Waals surface area contributed by atoms with E-state index in [1.54, 1.807) is 13.2 Å². The molecular formula is C8H12N4O2. The SMILES string of the molecule is Cn1cc(C(=O)C2COCCN2)nn1. The number of morpholine rings is 1. The number of aromatic nitrogens is 3. The van der Waals surface area contributed by atoms with Gasteiger partial charge in [0, 0.05) is 13.6 Å². The maximum atomic E-state index is 11.8. The van der Waals surface area contributed by atoms with Crippen LogP contribution in [0, 0.1) is 0 Å². The Balaban J connectivity index is 2.07. The first-order valence-corrected chi connectivity index (χ1v) is 4.49. The van der Waals surface area contributed by atoms with Crippen molar-refractivity contribution in [1.82, 2.24) is 20.3 Å². The fraction of sp³-hybridized carbons (Fsp3) is 0.625. The molecule has 76 valence electrons. The number of nitrogens with zero attached hydrogens (tertiary/aromatic N) is 3. The van der Waals surface area contributed by atoms with Gasteiger partial charge in [-0.25, -0.2) is 0 Å². The summed E-state index contributed by atoms with van der Waals surface area (Å²) in [5, 5.41) is 10.5. The molecule has 2 rings (SSSR count). The van der Waals surface area contributed by atoms with Crippen LogP contribution in [0.15, 0.2) is 6.20 Å². The fourth-order valence-electron chi connectivity index (χ4n) is 1.37. The van der Waals surface area contributed by atoms with Crippen molar-refractivity contribution < 1.29 is 9.53 Å². The second kappa shape index (κ2) is 3.85. The summed E-state index contributed by atoms with van der Waals surface area (Å²) in [7, 11) is 1.73. The van der Waals surface area contributed by atoms with Gasteiger partial charge in [-0.2, -0.15) is 0 Å². The van der Waals surface area contributed by atoms with Crippen LogP contribution in [-0.4, -0.2) is 46.6 Å². The zero-order chi connectivity index (χ0) is 9.97. The van der Waals surface area contributed by atoms with Gasteiger partial charge >= 0.3 is 0 Å². The molecule has 0 amide bonds. The Kier molecular flexibility index (Phi) is 2.55. The number of carbonyl (C=O) groups excluding carboxylic acids is 1. The number of carbonyl (C=O) groups is 1. The summed E-state index contributed by atoms with van der Waals surface area (Å²) in [6, 6.07) is -0.277. The minimum Gasteiger partial charge on any atom is -0.378 e. The third kappa shape index (κ3) is 1.80. The highest BCUT2D eigenvalue weighted by molar-refractivity contribution is 5.98. The first-order chi connectivity index (χ1) is 6.77. The predicted molar refractivity (Wildman–Crippen MR) is 47.9 cm³/mol. The lowest BCUT2D eigenvalue weighted by Gasteiger charge is -2.21. The second-order valence-electron chi connectivity index (χ2n) is 3.22. The standard InChI is InChI=1S/C8H12N4O2/c1-12-4-6(10-11-12)8(13)7-5-14-3-2-9-7/h4,7,9H,2-3,5H2,1H3. The average molecular weight is 196 g/mol. The van der Waals surface area contributed by atoms with Crippen LogP contribution in [0.3, 0.4) is 0 Å². The van der Waals surface area contributed by atoms with Crippen LogP contribution in [-0.2, 0) is 11.8 Å². The highest BCUT2D eigenvalue weighted by atomic mass is 16.5. The van der Waals surface area contributed by atoms with Crippen molar-refractivity contribution in [2.75, 3.05) is 19.8 Å². The van der Waals surface area contributed by atoms with E-state index in [0.29, 0.717) is 25.5 Å². The molecule has 6 nitrogen and oxygen atoms in total. The van der Waals surface area contributed by atoms with Gasteiger partial charge < -0.3 is 10.1 Å². The lowest BCUT2D eigenvalue weighted by Crippen LogP contribution is -2.46. The van der Waals surface area contributed by atoms with E-state index in [1.165, 1.54) is 4.68 Å². The first-order valence-electron chi connectivity index (χ1n) is 4.49. The molecular weight excluding hydrogens is 184 g/mol. The molecule has 0 saturated carbocycles.